The SMILES string of the molecule is CO[C@@H]1C[C@@H](CO)N(C(=O)/C=C(\C)c2ccccc2C(F)(F)F)C1. The zero-order valence-corrected chi connectivity index (χ0v) is 13.5. The van der Waals surface area contributed by atoms with Gasteiger partial charge in [0.25, 0.3) is 0 Å². The number of carbonyl (C=O) groups is 1. The summed E-state index contributed by atoms with van der Waals surface area (Å²) in [6, 6.07) is 4.76. The van der Waals surface area contributed by atoms with Crippen LogP contribution in [0, 0.1) is 0 Å². The number of hydrogen-bond acceptors (Lipinski definition) is 3. The molecule has 0 aromatic heterocycles. The van der Waals surface area contributed by atoms with Gasteiger partial charge in [-0.2, -0.15) is 13.2 Å². The summed E-state index contributed by atoms with van der Waals surface area (Å²) in [6.45, 7) is 1.57. The van der Waals surface area contributed by atoms with Crippen LogP contribution in [0.2, 0.25) is 0 Å². The van der Waals surface area contributed by atoms with Crippen LogP contribution in [-0.4, -0.2) is 48.3 Å². The molecule has 132 valence electrons. The first-order valence-electron chi connectivity index (χ1n) is 7.57. The van der Waals surface area contributed by atoms with Crippen LogP contribution in [0.4, 0.5) is 13.2 Å². The van der Waals surface area contributed by atoms with Gasteiger partial charge in [0.1, 0.15) is 0 Å². The second-order valence-corrected chi connectivity index (χ2v) is 5.79. The van der Waals surface area contributed by atoms with Gasteiger partial charge in [0, 0.05) is 19.7 Å². The molecule has 0 aliphatic carbocycles. The first-order valence-corrected chi connectivity index (χ1v) is 7.57. The van der Waals surface area contributed by atoms with E-state index < -0.39 is 17.6 Å². The number of amides is 1. The number of aliphatic hydroxyl groups is 1. The predicted octanol–water partition coefficient (Wildman–Crippen LogP) is 2.72. The summed E-state index contributed by atoms with van der Waals surface area (Å²) in [6.07, 6.45) is -2.98. The molecule has 1 N–H and O–H groups in total. The first kappa shape index (κ1) is 18.5. The van der Waals surface area contributed by atoms with Crippen molar-refractivity contribution < 1.29 is 27.8 Å². The topological polar surface area (TPSA) is 49.8 Å². The van der Waals surface area contributed by atoms with Gasteiger partial charge < -0.3 is 14.7 Å². The number of likely N-dealkylation sites (tertiary alicyclic amines) is 1. The van der Waals surface area contributed by atoms with Gasteiger partial charge >= 0.3 is 6.18 Å². The van der Waals surface area contributed by atoms with Gasteiger partial charge in [-0.05, 0) is 30.5 Å². The number of halogens is 3. The van der Waals surface area contributed by atoms with Crippen molar-refractivity contribution in [3.63, 3.8) is 0 Å². The van der Waals surface area contributed by atoms with Gasteiger partial charge in [0.2, 0.25) is 5.91 Å². The largest absolute Gasteiger partial charge is 0.416 e. The molecule has 0 radical (unpaired) electrons. The van der Waals surface area contributed by atoms with Gasteiger partial charge in [0.15, 0.2) is 0 Å². The fraction of sp³-hybridized carbons (Fsp3) is 0.471. The van der Waals surface area contributed by atoms with Crippen molar-refractivity contribution >= 4 is 11.5 Å². The van der Waals surface area contributed by atoms with Gasteiger partial charge in [-0.25, -0.2) is 0 Å². The van der Waals surface area contributed by atoms with Crippen LogP contribution in [0.5, 0.6) is 0 Å². The van der Waals surface area contributed by atoms with E-state index >= 15 is 0 Å². The molecule has 0 saturated carbocycles. The molecular weight excluding hydrogens is 323 g/mol. The summed E-state index contributed by atoms with van der Waals surface area (Å²) >= 11 is 0. The fourth-order valence-electron chi connectivity index (χ4n) is 2.91. The van der Waals surface area contributed by atoms with Gasteiger partial charge in [-0.15, -0.1) is 0 Å². The Morgan fingerprint density at radius 2 is 2.08 bits per heavy atom. The molecule has 2 atom stereocenters. The van der Waals surface area contributed by atoms with Crippen molar-refractivity contribution in [2.75, 3.05) is 20.3 Å². The standard InChI is InChI=1S/C17H20F3NO3/c1-11(14-5-3-4-6-15(14)17(18,19)20)7-16(23)21-9-13(24-2)8-12(21)10-22/h3-7,12-13,22H,8-10H2,1-2H3/b11-7+/t12-,13+/m0/s1. The fourth-order valence-corrected chi connectivity index (χ4v) is 2.91. The Morgan fingerprint density at radius 3 is 2.67 bits per heavy atom. The minimum Gasteiger partial charge on any atom is -0.394 e. The quantitative estimate of drug-likeness (QED) is 0.855. The molecule has 7 heteroatoms. The van der Waals surface area contributed by atoms with E-state index in [4.69, 9.17) is 4.74 Å². The van der Waals surface area contributed by atoms with Crippen molar-refractivity contribution in [1.82, 2.24) is 4.90 Å². The third kappa shape index (κ3) is 3.96. The molecule has 1 aromatic carbocycles. The number of alkyl halides is 3. The second-order valence-electron chi connectivity index (χ2n) is 5.79. The molecule has 1 aliphatic heterocycles. The number of rotatable bonds is 4. The zero-order valence-electron chi connectivity index (χ0n) is 13.5. The maximum Gasteiger partial charge on any atom is 0.416 e. The van der Waals surface area contributed by atoms with E-state index in [0.29, 0.717) is 13.0 Å². The maximum absolute atomic E-state index is 13.1. The van der Waals surface area contributed by atoms with Crippen LogP contribution >= 0.6 is 0 Å². The van der Waals surface area contributed by atoms with E-state index in [2.05, 4.69) is 0 Å². The third-order valence-electron chi connectivity index (χ3n) is 4.20. The smallest absolute Gasteiger partial charge is 0.394 e. The first-order chi connectivity index (χ1) is 11.3. The molecule has 2 rings (SSSR count). The number of methoxy groups -OCH3 is 1. The lowest BCUT2D eigenvalue weighted by Gasteiger charge is -2.21. The van der Waals surface area contributed by atoms with Crippen LogP contribution in [-0.2, 0) is 15.7 Å². The number of aliphatic hydroxyl groups excluding tert-OH is 1. The molecule has 24 heavy (non-hydrogen) atoms. The van der Waals surface area contributed by atoms with E-state index in [1.165, 1.54) is 43.2 Å². The molecule has 1 saturated heterocycles. The van der Waals surface area contributed by atoms with Crippen molar-refractivity contribution in [2.45, 2.75) is 31.7 Å². The number of ether oxygens (including phenoxy) is 1. The van der Waals surface area contributed by atoms with E-state index in [0.717, 1.165) is 6.07 Å². The maximum atomic E-state index is 13.1. The molecule has 1 aliphatic rings. The molecule has 0 bridgehead atoms. The lowest BCUT2D eigenvalue weighted by atomic mass is 10.00. The summed E-state index contributed by atoms with van der Waals surface area (Å²) in [4.78, 5) is 13.9. The molecular formula is C17H20F3NO3. The Balaban J connectivity index is 2.27. The van der Waals surface area contributed by atoms with E-state index in [9.17, 15) is 23.1 Å². The Bertz CT molecular complexity index is 628. The van der Waals surface area contributed by atoms with Crippen LogP contribution in [0.15, 0.2) is 30.3 Å². The lowest BCUT2D eigenvalue weighted by Crippen LogP contribution is -2.37. The molecule has 1 fully saturated rings. The molecule has 4 nitrogen and oxygen atoms in total. The number of allylic oxidation sites excluding steroid dienone is 1. The van der Waals surface area contributed by atoms with Crippen LogP contribution in [0.1, 0.15) is 24.5 Å². The highest BCUT2D eigenvalue weighted by atomic mass is 19.4. The molecule has 0 unspecified atom stereocenters. The number of nitrogens with zero attached hydrogens (tertiary/aromatic N) is 1. The monoisotopic (exact) mass is 343 g/mol. The van der Waals surface area contributed by atoms with Crippen molar-refractivity contribution in [3.8, 4) is 0 Å². The Morgan fingerprint density at radius 1 is 1.42 bits per heavy atom. The minimum absolute atomic E-state index is 0.0265. The van der Waals surface area contributed by atoms with Gasteiger partial charge in [0.05, 0.1) is 24.3 Å². The van der Waals surface area contributed by atoms with Crippen molar-refractivity contribution in [1.29, 1.82) is 0 Å². The number of benzene rings is 1. The third-order valence-corrected chi connectivity index (χ3v) is 4.20. The van der Waals surface area contributed by atoms with E-state index in [1.54, 1.807) is 0 Å². The summed E-state index contributed by atoms with van der Waals surface area (Å²) in [5.41, 5.74) is -0.576. The number of hydrogen-bond donors (Lipinski definition) is 1. The van der Waals surface area contributed by atoms with Crippen LogP contribution in [0.3, 0.4) is 0 Å². The van der Waals surface area contributed by atoms with E-state index in [1.807, 2.05) is 0 Å². The lowest BCUT2D eigenvalue weighted by molar-refractivity contribution is -0.137. The summed E-state index contributed by atoms with van der Waals surface area (Å²) in [7, 11) is 1.52. The van der Waals surface area contributed by atoms with Gasteiger partial charge in [-0.1, -0.05) is 18.2 Å². The average Bonchev–Trinajstić information content (AvgIpc) is 2.97. The number of carbonyl (C=O) groups excluding carboxylic acids is 1. The highest BCUT2D eigenvalue weighted by Crippen LogP contribution is 2.35. The Hall–Kier alpha value is -1.86. The second kappa shape index (κ2) is 7.36. The minimum atomic E-state index is -4.49. The highest BCUT2D eigenvalue weighted by molar-refractivity contribution is 5.95. The Kier molecular flexibility index (Phi) is 5.66. The summed E-state index contributed by atoms with van der Waals surface area (Å²) in [5.74, 6) is -0.428. The Labute approximate surface area is 138 Å². The van der Waals surface area contributed by atoms with Crippen molar-refractivity contribution in [2.24, 2.45) is 0 Å². The predicted molar refractivity (Wildman–Crippen MR) is 83.1 cm³/mol. The summed E-state index contributed by atoms with van der Waals surface area (Å²) in [5, 5.41) is 9.38. The van der Waals surface area contributed by atoms with Crippen molar-refractivity contribution in [3.05, 3.63) is 41.5 Å². The average molecular weight is 343 g/mol. The highest BCUT2D eigenvalue weighted by Gasteiger charge is 2.35. The molecule has 1 heterocycles. The zero-order chi connectivity index (χ0) is 17.9. The van der Waals surface area contributed by atoms with E-state index in [-0.39, 0.29) is 29.9 Å². The van der Waals surface area contributed by atoms with Crippen LogP contribution in [0.25, 0.3) is 5.57 Å². The van der Waals surface area contributed by atoms with Crippen LogP contribution < -0.4 is 0 Å². The molecule has 0 spiro atoms. The normalized spacial score (nSPS) is 22.1. The summed E-state index contributed by atoms with van der Waals surface area (Å²) < 4.78 is 44.5. The molecule has 1 amide bonds. The van der Waals surface area contributed by atoms with Gasteiger partial charge in [-0.3, -0.25) is 4.79 Å². The molecule has 1 aromatic rings.